The number of hydrogen-bond donors (Lipinski definition) is 0. The average Bonchev–Trinajstić information content (AvgIpc) is 3.03. The number of hydrogen-bond acceptors (Lipinski definition) is 6. The fraction of sp³-hybridized carbons (Fsp3) is 0.368. The fourth-order valence-corrected chi connectivity index (χ4v) is 2.99. The minimum Gasteiger partial charge on any atom is -0.458 e. The molecule has 0 aliphatic carbocycles. The Morgan fingerprint density at radius 3 is 2.52 bits per heavy atom. The molecule has 25 heavy (non-hydrogen) atoms. The van der Waals surface area contributed by atoms with E-state index < -0.39 is 11.3 Å². The van der Waals surface area contributed by atoms with Crippen LogP contribution in [0, 0.1) is 6.92 Å². The number of aryl methyl sites for hydroxylation is 1. The Hall–Kier alpha value is -2.21. The van der Waals surface area contributed by atoms with E-state index in [0.717, 1.165) is 22.9 Å². The standard InChI is InChI=1S/C19H22O5S/c1-6-22-18(21)25-15-11-13(19(3,4)5)10-12(2)16(15)24-17(20)14-8-7-9-23-14/h7-11H,6H2,1-5H3. The summed E-state index contributed by atoms with van der Waals surface area (Å²) in [7, 11) is 0. The second-order valence-electron chi connectivity index (χ2n) is 6.52. The predicted molar refractivity (Wildman–Crippen MR) is 96.4 cm³/mol. The Morgan fingerprint density at radius 1 is 1.24 bits per heavy atom. The lowest BCUT2D eigenvalue weighted by atomic mass is 9.86. The number of carbonyl (C=O) groups excluding carboxylic acids is 2. The van der Waals surface area contributed by atoms with Gasteiger partial charge in [0.15, 0.2) is 0 Å². The fourth-order valence-electron chi connectivity index (χ4n) is 2.16. The van der Waals surface area contributed by atoms with Crippen molar-refractivity contribution in [3.05, 3.63) is 47.4 Å². The predicted octanol–water partition coefficient (Wildman–Crippen LogP) is 5.35. The molecule has 0 aliphatic heterocycles. The van der Waals surface area contributed by atoms with Gasteiger partial charge < -0.3 is 13.9 Å². The van der Waals surface area contributed by atoms with Crippen LogP contribution < -0.4 is 4.74 Å². The maximum atomic E-state index is 12.2. The van der Waals surface area contributed by atoms with Gasteiger partial charge in [0.2, 0.25) is 5.76 Å². The largest absolute Gasteiger partial charge is 0.458 e. The van der Waals surface area contributed by atoms with Crippen LogP contribution in [0.15, 0.2) is 39.8 Å². The van der Waals surface area contributed by atoms with Gasteiger partial charge in [-0.1, -0.05) is 26.8 Å². The molecule has 0 bridgehead atoms. The molecule has 0 spiro atoms. The van der Waals surface area contributed by atoms with E-state index in [2.05, 4.69) is 20.8 Å². The molecule has 2 rings (SSSR count). The van der Waals surface area contributed by atoms with Crippen LogP contribution in [-0.2, 0) is 10.2 Å². The normalized spacial score (nSPS) is 11.2. The van der Waals surface area contributed by atoms with Crippen molar-refractivity contribution in [2.24, 2.45) is 0 Å². The summed E-state index contributed by atoms with van der Waals surface area (Å²) < 4.78 is 15.6. The topological polar surface area (TPSA) is 65.7 Å². The third-order valence-electron chi connectivity index (χ3n) is 3.48. The molecular formula is C19H22O5S. The number of carbonyl (C=O) groups is 2. The molecule has 0 fully saturated rings. The van der Waals surface area contributed by atoms with Crippen LogP contribution in [0.25, 0.3) is 0 Å². The first-order chi connectivity index (χ1) is 11.7. The van der Waals surface area contributed by atoms with E-state index in [1.165, 1.54) is 12.3 Å². The summed E-state index contributed by atoms with van der Waals surface area (Å²) in [5.74, 6) is -0.166. The van der Waals surface area contributed by atoms with Gasteiger partial charge in [-0.2, -0.15) is 0 Å². The molecule has 0 N–H and O–H groups in total. The summed E-state index contributed by atoms with van der Waals surface area (Å²) in [4.78, 5) is 24.7. The Labute approximate surface area is 151 Å². The van der Waals surface area contributed by atoms with Crippen molar-refractivity contribution in [3.8, 4) is 5.75 Å². The number of furan rings is 1. The van der Waals surface area contributed by atoms with Gasteiger partial charge in [-0.15, -0.1) is 0 Å². The van der Waals surface area contributed by atoms with Crippen LogP contribution in [0.4, 0.5) is 4.79 Å². The van der Waals surface area contributed by atoms with E-state index in [0.29, 0.717) is 10.6 Å². The van der Waals surface area contributed by atoms with Crippen LogP contribution in [-0.4, -0.2) is 17.9 Å². The SMILES string of the molecule is CCOC(=O)Sc1cc(C(C)(C)C)cc(C)c1OC(=O)c1ccco1. The molecule has 0 radical (unpaired) electrons. The van der Waals surface area contributed by atoms with Gasteiger partial charge in [0.05, 0.1) is 17.8 Å². The van der Waals surface area contributed by atoms with Gasteiger partial charge in [0.25, 0.3) is 0 Å². The van der Waals surface area contributed by atoms with E-state index in [9.17, 15) is 9.59 Å². The summed E-state index contributed by atoms with van der Waals surface area (Å²) in [6, 6.07) is 6.96. The van der Waals surface area contributed by atoms with Crippen molar-refractivity contribution in [3.63, 3.8) is 0 Å². The number of benzene rings is 1. The number of ether oxygens (including phenoxy) is 2. The van der Waals surface area contributed by atoms with Gasteiger partial charge >= 0.3 is 11.3 Å². The van der Waals surface area contributed by atoms with Crippen LogP contribution in [0.3, 0.4) is 0 Å². The third-order valence-corrected chi connectivity index (χ3v) is 4.29. The summed E-state index contributed by atoms with van der Waals surface area (Å²) in [5.41, 5.74) is 1.69. The van der Waals surface area contributed by atoms with Crippen molar-refractivity contribution >= 4 is 23.0 Å². The summed E-state index contributed by atoms with van der Waals surface area (Å²) in [6.45, 7) is 10.1. The lowest BCUT2D eigenvalue weighted by Gasteiger charge is -2.22. The molecule has 1 aromatic heterocycles. The maximum Gasteiger partial charge on any atom is 0.379 e. The maximum absolute atomic E-state index is 12.2. The van der Waals surface area contributed by atoms with Gasteiger partial charge in [-0.05, 0) is 60.4 Å². The highest BCUT2D eigenvalue weighted by Gasteiger charge is 2.23. The zero-order valence-electron chi connectivity index (χ0n) is 15.0. The third kappa shape index (κ3) is 4.89. The number of esters is 1. The highest BCUT2D eigenvalue weighted by Crippen LogP contribution is 2.38. The Kier molecular flexibility index (Phi) is 5.95. The molecule has 1 aromatic carbocycles. The van der Waals surface area contributed by atoms with E-state index in [1.54, 1.807) is 13.0 Å². The number of rotatable bonds is 4. The van der Waals surface area contributed by atoms with Crippen LogP contribution >= 0.6 is 11.8 Å². The molecular weight excluding hydrogens is 340 g/mol. The molecule has 2 aromatic rings. The van der Waals surface area contributed by atoms with Crippen molar-refractivity contribution in [1.29, 1.82) is 0 Å². The Bertz CT molecular complexity index is 757. The van der Waals surface area contributed by atoms with Crippen LogP contribution in [0.1, 0.15) is 49.4 Å². The molecule has 0 saturated carbocycles. The second kappa shape index (κ2) is 7.78. The molecule has 0 aliphatic rings. The minimum atomic E-state index is -0.609. The monoisotopic (exact) mass is 362 g/mol. The zero-order chi connectivity index (χ0) is 18.6. The van der Waals surface area contributed by atoms with Crippen LogP contribution in [0.5, 0.6) is 5.75 Å². The van der Waals surface area contributed by atoms with Crippen molar-refractivity contribution in [2.45, 2.75) is 44.9 Å². The molecule has 6 heteroatoms. The van der Waals surface area contributed by atoms with Crippen molar-refractivity contribution in [1.82, 2.24) is 0 Å². The zero-order valence-corrected chi connectivity index (χ0v) is 15.9. The summed E-state index contributed by atoms with van der Waals surface area (Å²) in [5, 5.41) is -0.441. The average molecular weight is 362 g/mol. The van der Waals surface area contributed by atoms with Crippen molar-refractivity contribution in [2.75, 3.05) is 6.61 Å². The van der Waals surface area contributed by atoms with Crippen molar-refractivity contribution < 1.29 is 23.5 Å². The number of thioether (sulfide) groups is 1. The summed E-state index contributed by atoms with van der Waals surface area (Å²) in [6.07, 6.45) is 1.40. The van der Waals surface area contributed by atoms with E-state index in [1.807, 2.05) is 19.1 Å². The molecule has 0 amide bonds. The smallest absolute Gasteiger partial charge is 0.379 e. The van der Waals surface area contributed by atoms with E-state index in [4.69, 9.17) is 13.9 Å². The molecule has 1 heterocycles. The van der Waals surface area contributed by atoms with E-state index in [-0.39, 0.29) is 17.8 Å². The van der Waals surface area contributed by atoms with Gasteiger partial charge in [0.1, 0.15) is 5.75 Å². The molecule has 134 valence electrons. The molecule has 0 saturated heterocycles. The Morgan fingerprint density at radius 2 is 1.96 bits per heavy atom. The second-order valence-corrected chi connectivity index (χ2v) is 7.50. The first-order valence-electron chi connectivity index (χ1n) is 7.97. The first kappa shape index (κ1) is 19.1. The minimum absolute atomic E-state index is 0.103. The lowest BCUT2D eigenvalue weighted by molar-refractivity contribution is 0.0695. The lowest BCUT2D eigenvalue weighted by Crippen LogP contribution is -2.14. The molecule has 0 atom stereocenters. The van der Waals surface area contributed by atoms with Gasteiger partial charge in [0, 0.05) is 0 Å². The highest BCUT2D eigenvalue weighted by atomic mass is 32.2. The van der Waals surface area contributed by atoms with Gasteiger partial charge in [-0.3, -0.25) is 0 Å². The molecule has 5 nitrogen and oxygen atoms in total. The first-order valence-corrected chi connectivity index (χ1v) is 8.79. The highest BCUT2D eigenvalue weighted by molar-refractivity contribution is 8.13. The summed E-state index contributed by atoms with van der Waals surface area (Å²) >= 11 is 0.910. The van der Waals surface area contributed by atoms with Crippen LogP contribution in [0.2, 0.25) is 0 Å². The quantitative estimate of drug-likeness (QED) is 0.415. The Balaban J connectivity index is 2.41. The van der Waals surface area contributed by atoms with Gasteiger partial charge in [-0.25, -0.2) is 9.59 Å². The molecule has 0 unspecified atom stereocenters. The van der Waals surface area contributed by atoms with E-state index >= 15 is 0 Å².